The Morgan fingerprint density at radius 3 is 2.79 bits per heavy atom. The topological polar surface area (TPSA) is 29.5 Å². The monoisotopic (exact) mass is 198 g/mol. The molecule has 1 fully saturated rings. The van der Waals surface area contributed by atoms with E-state index >= 15 is 0 Å². The average molecular weight is 198 g/mol. The summed E-state index contributed by atoms with van der Waals surface area (Å²) in [5, 5.41) is 9.97. The van der Waals surface area contributed by atoms with Crippen molar-refractivity contribution in [3.63, 3.8) is 0 Å². The molecule has 0 saturated carbocycles. The van der Waals surface area contributed by atoms with Crippen LogP contribution in [0.1, 0.15) is 46.5 Å². The van der Waals surface area contributed by atoms with Crippen molar-refractivity contribution in [3.8, 4) is 0 Å². The van der Waals surface area contributed by atoms with Crippen molar-refractivity contribution >= 4 is 0 Å². The molecule has 0 bridgehead atoms. The predicted molar refractivity (Wildman–Crippen MR) is 58.3 cm³/mol. The fraction of sp³-hybridized carbons (Fsp3) is 0.833. The SMILES string of the molecule is CC(C)=CCC[C@@H](O)[C@]1(C)CCCO1. The van der Waals surface area contributed by atoms with Crippen molar-refractivity contribution in [2.75, 3.05) is 6.61 Å². The maximum absolute atomic E-state index is 9.97. The van der Waals surface area contributed by atoms with Gasteiger partial charge in [0.15, 0.2) is 0 Å². The van der Waals surface area contributed by atoms with Crippen LogP contribution in [0.4, 0.5) is 0 Å². The predicted octanol–water partition coefficient (Wildman–Crippen LogP) is 2.66. The van der Waals surface area contributed by atoms with Gasteiger partial charge in [-0.1, -0.05) is 11.6 Å². The molecule has 0 spiro atoms. The van der Waals surface area contributed by atoms with Crippen LogP contribution in [0.15, 0.2) is 11.6 Å². The molecule has 1 rings (SSSR count). The third-order valence-electron chi connectivity index (χ3n) is 2.95. The smallest absolute Gasteiger partial charge is 0.0913 e. The van der Waals surface area contributed by atoms with E-state index in [2.05, 4.69) is 19.9 Å². The quantitative estimate of drug-likeness (QED) is 0.704. The molecule has 0 aromatic rings. The zero-order valence-corrected chi connectivity index (χ0v) is 9.55. The standard InChI is InChI=1S/C12H22O2/c1-10(2)6-4-7-11(13)12(3)8-5-9-14-12/h6,11,13H,4-5,7-9H2,1-3H3/t11-,12+/m1/s1. The second kappa shape index (κ2) is 4.94. The molecule has 0 aromatic heterocycles. The fourth-order valence-electron chi connectivity index (χ4n) is 1.90. The third-order valence-corrected chi connectivity index (χ3v) is 2.95. The lowest BCUT2D eigenvalue weighted by atomic mass is 9.92. The lowest BCUT2D eigenvalue weighted by molar-refractivity contribution is -0.0798. The molecule has 1 heterocycles. The van der Waals surface area contributed by atoms with Gasteiger partial charge in [0.25, 0.3) is 0 Å². The molecule has 0 unspecified atom stereocenters. The Morgan fingerprint density at radius 1 is 1.57 bits per heavy atom. The molecule has 1 N–H and O–H groups in total. The second-order valence-electron chi connectivity index (χ2n) is 4.64. The highest BCUT2D eigenvalue weighted by atomic mass is 16.5. The fourth-order valence-corrected chi connectivity index (χ4v) is 1.90. The molecule has 2 nitrogen and oxygen atoms in total. The van der Waals surface area contributed by atoms with E-state index < -0.39 is 0 Å². The molecule has 2 atom stereocenters. The van der Waals surface area contributed by atoms with Gasteiger partial charge in [-0.15, -0.1) is 0 Å². The summed E-state index contributed by atoms with van der Waals surface area (Å²) in [7, 11) is 0. The van der Waals surface area contributed by atoms with Gasteiger partial charge in [-0.05, 0) is 46.5 Å². The van der Waals surface area contributed by atoms with E-state index in [0.29, 0.717) is 0 Å². The summed E-state index contributed by atoms with van der Waals surface area (Å²) in [6.07, 6.45) is 5.67. The summed E-state index contributed by atoms with van der Waals surface area (Å²) in [5.74, 6) is 0. The molecule has 2 heteroatoms. The molecule has 14 heavy (non-hydrogen) atoms. The molecular weight excluding hydrogens is 176 g/mol. The molecule has 82 valence electrons. The van der Waals surface area contributed by atoms with Gasteiger partial charge in [0, 0.05) is 6.61 Å². The molecular formula is C12H22O2. The summed E-state index contributed by atoms with van der Waals surface area (Å²) in [6, 6.07) is 0. The zero-order chi connectivity index (χ0) is 10.6. The van der Waals surface area contributed by atoms with Crippen molar-refractivity contribution in [3.05, 3.63) is 11.6 Å². The Labute approximate surface area is 87.0 Å². The average Bonchev–Trinajstić information content (AvgIpc) is 2.52. The Hall–Kier alpha value is -0.340. The van der Waals surface area contributed by atoms with E-state index in [-0.39, 0.29) is 11.7 Å². The van der Waals surface area contributed by atoms with Crippen LogP contribution in [0, 0.1) is 0 Å². The van der Waals surface area contributed by atoms with Gasteiger partial charge in [0.05, 0.1) is 11.7 Å². The van der Waals surface area contributed by atoms with Crippen molar-refractivity contribution in [2.24, 2.45) is 0 Å². The highest BCUT2D eigenvalue weighted by molar-refractivity contribution is 4.95. The van der Waals surface area contributed by atoms with Crippen LogP contribution in [0.3, 0.4) is 0 Å². The number of hydrogen-bond donors (Lipinski definition) is 1. The number of allylic oxidation sites excluding steroid dienone is 2. The van der Waals surface area contributed by atoms with Crippen molar-refractivity contribution in [1.82, 2.24) is 0 Å². The van der Waals surface area contributed by atoms with E-state index in [0.717, 1.165) is 32.3 Å². The number of ether oxygens (including phenoxy) is 1. The first kappa shape index (κ1) is 11.7. The van der Waals surface area contributed by atoms with Crippen LogP contribution in [0.25, 0.3) is 0 Å². The first-order valence-corrected chi connectivity index (χ1v) is 5.50. The normalized spacial score (nSPS) is 28.9. The molecule has 1 aliphatic heterocycles. The van der Waals surface area contributed by atoms with Gasteiger partial charge < -0.3 is 9.84 Å². The molecule has 0 aromatic carbocycles. The maximum atomic E-state index is 9.97. The van der Waals surface area contributed by atoms with Gasteiger partial charge >= 0.3 is 0 Å². The lowest BCUT2D eigenvalue weighted by Gasteiger charge is -2.29. The molecule has 1 aliphatic rings. The summed E-state index contributed by atoms with van der Waals surface area (Å²) in [4.78, 5) is 0. The Kier molecular flexibility index (Phi) is 4.14. The lowest BCUT2D eigenvalue weighted by Crippen LogP contribution is -2.38. The van der Waals surface area contributed by atoms with Crippen LogP contribution in [-0.2, 0) is 4.74 Å². The van der Waals surface area contributed by atoms with Gasteiger partial charge in [0.2, 0.25) is 0 Å². The maximum Gasteiger partial charge on any atom is 0.0913 e. The van der Waals surface area contributed by atoms with Crippen LogP contribution < -0.4 is 0 Å². The Bertz CT molecular complexity index is 198. The summed E-state index contributed by atoms with van der Waals surface area (Å²) in [5.41, 5.74) is 1.03. The van der Waals surface area contributed by atoms with E-state index in [1.165, 1.54) is 5.57 Å². The summed E-state index contributed by atoms with van der Waals surface area (Å²) >= 11 is 0. The Balaban J connectivity index is 2.33. The number of hydrogen-bond acceptors (Lipinski definition) is 2. The molecule has 0 radical (unpaired) electrons. The first-order valence-electron chi connectivity index (χ1n) is 5.50. The Morgan fingerprint density at radius 2 is 2.29 bits per heavy atom. The largest absolute Gasteiger partial charge is 0.390 e. The highest BCUT2D eigenvalue weighted by Crippen LogP contribution is 2.30. The van der Waals surface area contributed by atoms with Crippen LogP contribution in [0.2, 0.25) is 0 Å². The molecule has 0 aliphatic carbocycles. The first-order chi connectivity index (χ1) is 6.54. The van der Waals surface area contributed by atoms with Gasteiger partial charge in [-0.3, -0.25) is 0 Å². The number of aliphatic hydroxyl groups is 1. The van der Waals surface area contributed by atoms with Crippen LogP contribution >= 0.6 is 0 Å². The van der Waals surface area contributed by atoms with E-state index in [4.69, 9.17) is 4.74 Å². The second-order valence-corrected chi connectivity index (χ2v) is 4.64. The van der Waals surface area contributed by atoms with E-state index in [9.17, 15) is 5.11 Å². The zero-order valence-electron chi connectivity index (χ0n) is 9.55. The minimum absolute atomic E-state index is 0.282. The van der Waals surface area contributed by atoms with Gasteiger partial charge in [-0.2, -0.15) is 0 Å². The van der Waals surface area contributed by atoms with Crippen molar-refractivity contribution in [2.45, 2.75) is 58.2 Å². The molecule has 1 saturated heterocycles. The summed E-state index contributed by atoms with van der Waals surface area (Å²) in [6.45, 7) is 6.99. The summed E-state index contributed by atoms with van der Waals surface area (Å²) < 4.78 is 5.59. The van der Waals surface area contributed by atoms with Gasteiger partial charge in [-0.25, -0.2) is 0 Å². The minimum atomic E-state index is -0.319. The third kappa shape index (κ3) is 3.10. The minimum Gasteiger partial charge on any atom is -0.390 e. The highest BCUT2D eigenvalue weighted by Gasteiger charge is 2.36. The van der Waals surface area contributed by atoms with Crippen LogP contribution in [0.5, 0.6) is 0 Å². The number of aliphatic hydroxyl groups excluding tert-OH is 1. The van der Waals surface area contributed by atoms with Crippen molar-refractivity contribution in [1.29, 1.82) is 0 Å². The van der Waals surface area contributed by atoms with Crippen molar-refractivity contribution < 1.29 is 9.84 Å². The molecule has 0 amide bonds. The van der Waals surface area contributed by atoms with Gasteiger partial charge in [0.1, 0.15) is 0 Å². The van der Waals surface area contributed by atoms with E-state index in [1.807, 2.05) is 6.92 Å². The van der Waals surface area contributed by atoms with E-state index in [1.54, 1.807) is 0 Å². The number of rotatable bonds is 4. The van der Waals surface area contributed by atoms with Crippen LogP contribution in [-0.4, -0.2) is 23.4 Å².